The highest BCUT2D eigenvalue weighted by Gasteiger charge is 2.40. The molecule has 2 heterocycles. The number of nitrogens with two attached hydrogens (primary N) is 1. The minimum absolute atomic E-state index is 0.00146. The molecule has 0 saturated carbocycles. The van der Waals surface area contributed by atoms with Crippen molar-refractivity contribution in [1.29, 1.82) is 0 Å². The molecule has 1 atom stereocenters. The molecular weight excluding hydrogens is 404 g/mol. The molecule has 1 aliphatic carbocycles. The van der Waals surface area contributed by atoms with Crippen LogP contribution < -0.4 is 5.73 Å². The molecule has 0 unspecified atom stereocenters. The molecule has 0 saturated heterocycles. The third-order valence-corrected chi connectivity index (χ3v) is 4.42. The number of rotatable bonds is 4. The van der Waals surface area contributed by atoms with E-state index in [1.165, 1.54) is 4.90 Å². The number of aromatic nitrogens is 3. The lowest BCUT2D eigenvalue weighted by molar-refractivity contribution is -0.148. The summed E-state index contributed by atoms with van der Waals surface area (Å²) in [7, 11) is 0. The van der Waals surface area contributed by atoms with Crippen LogP contribution in [0.4, 0.5) is 26.3 Å². The van der Waals surface area contributed by atoms with Crippen molar-refractivity contribution in [2.45, 2.75) is 38.1 Å². The van der Waals surface area contributed by atoms with Crippen LogP contribution in [0.25, 0.3) is 0 Å². The molecule has 1 amide bonds. The molecule has 156 valence electrons. The van der Waals surface area contributed by atoms with Gasteiger partial charge in [-0.3, -0.25) is 4.79 Å². The van der Waals surface area contributed by atoms with E-state index in [4.69, 9.17) is 5.73 Å². The zero-order chi connectivity index (χ0) is 21.3. The molecule has 0 fully saturated rings. The number of carbonyl (C=O) groups excluding carboxylic acids is 1. The van der Waals surface area contributed by atoms with E-state index in [9.17, 15) is 31.1 Å². The normalized spacial score (nSPS) is 18.2. The van der Waals surface area contributed by atoms with Crippen LogP contribution in [0.1, 0.15) is 24.5 Å². The van der Waals surface area contributed by atoms with E-state index in [1.807, 2.05) is 5.73 Å². The van der Waals surface area contributed by atoms with Gasteiger partial charge < -0.3 is 15.2 Å². The highest BCUT2D eigenvalue weighted by molar-refractivity contribution is 5.77. The van der Waals surface area contributed by atoms with Gasteiger partial charge >= 0.3 is 6.18 Å². The number of amides is 1. The topological polar surface area (TPSA) is 77.0 Å². The fraction of sp³-hybridized carbons (Fsp3) is 0.412. The molecule has 1 aliphatic heterocycles. The van der Waals surface area contributed by atoms with Crippen LogP contribution in [0.3, 0.4) is 0 Å². The third-order valence-electron chi connectivity index (χ3n) is 4.42. The van der Waals surface area contributed by atoms with Gasteiger partial charge in [-0.25, -0.2) is 8.78 Å². The average Bonchev–Trinajstić information content (AvgIpc) is 3.03. The van der Waals surface area contributed by atoms with Crippen LogP contribution in [0, 0.1) is 0 Å². The first kappa shape index (κ1) is 20.9. The molecule has 3 rings (SSSR count). The lowest BCUT2D eigenvalue weighted by Crippen LogP contribution is -2.41. The fourth-order valence-corrected chi connectivity index (χ4v) is 3.00. The molecular formula is C17H15F6N5O. The Bertz CT molecular complexity index is 954. The molecule has 1 aromatic rings. The standard InChI is InChI=1S/C17H15F6N5O/c18-11-2-1-9(12(19)7-13(11)20)5-10(24)6-15(29)27-3-4-28-14(8-27)25-26-16(28)17(21,22)23/h1,7,10H,3-6,8,24H2/t10-/m1/s1. The fourth-order valence-electron chi connectivity index (χ4n) is 3.00. The van der Waals surface area contributed by atoms with E-state index in [-0.39, 0.29) is 43.9 Å². The Balaban J connectivity index is 1.63. The summed E-state index contributed by atoms with van der Waals surface area (Å²) in [5.74, 6) is -5.39. The number of allylic oxidation sites excluding steroid dienone is 4. The third kappa shape index (κ3) is 4.60. The van der Waals surface area contributed by atoms with E-state index >= 15 is 0 Å². The van der Waals surface area contributed by atoms with Crippen LogP contribution in [-0.4, -0.2) is 38.2 Å². The van der Waals surface area contributed by atoms with E-state index in [0.29, 0.717) is 6.08 Å². The van der Waals surface area contributed by atoms with Gasteiger partial charge in [0, 0.05) is 31.6 Å². The predicted molar refractivity (Wildman–Crippen MR) is 87.7 cm³/mol. The maximum atomic E-state index is 13.9. The van der Waals surface area contributed by atoms with Gasteiger partial charge in [-0.15, -0.1) is 10.2 Å². The van der Waals surface area contributed by atoms with E-state index < -0.39 is 41.4 Å². The largest absolute Gasteiger partial charge is 0.451 e. The van der Waals surface area contributed by atoms with Crippen molar-refractivity contribution in [3.63, 3.8) is 0 Å². The van der Waals surface area contributed by atoms with Crippen LogP contribution >= 0.6 is 0 Å². The quantitative estimate of drug-likeness (QED) is 0.602. The van der Waals surface area contributed by atoms with Gasteiger partial charge in [0.2, 0.25) is 17.6 Å². The van der Waals surface area contributed by atoms with Crippen molar-refractivity contribution in [3.8, 4) is 0 Å². The van der Waals surface area contributed by atoms with Gasteiger partial charge in [-0.1, -0.05) is 5.73 Å². The van der Waals surface area contributed by atoms with Gasteiger partial charge in [0.15, 0.2) is 11.7 Å². The predicted octanol–water partition coefficient (Wildman–Crippen LogP) is 2.85. The van der Waals surface area contributed by atoms with Crippen molar-refractivity contribution in [2.75, 3.05) is 6.54 Å². The summed E-state index contributed by atoms with van der Waals surface area (Å²) >= 11 is 0. The molecule has 29 heavy (non-hydrogen) atoms. The Labute approximate surface area is 160 Å². The molecule has 12 heteroatoms. The summed E-state index contributed by atoms with van der Waals surface area (Å²) in [6.07, 6.45) is -3.80. The number of halogens is 6. The summed E-state index contributed by atoms with van der Waals surface area (Å²) in [6.45, 7) is -0.305. The number of carbonyl (C=O) groups is 1. The molecule has 0 bridgehead atoms. The first-order valence-corrected chi connectivity index (χ1v) is 8.47. The Morgan fingerprint density at radius 3 is 2.66 bits per heavy atom. The smallest absolute Gasteiger partial charge is 0.333 e. The maximum Gasteiger partial charge on any atom is 0.451 e. The monoisotopic (exact) mass is 419 g/mol. The van der Waals surface area contributed by atoms with Crippen molar-refractivity contribution >= 4 is 5.91 Å². The van der Waals surface area contributed by atoms with Crippen LogP contribution in [-0.2, 0) is 24.1 Å². The van der Waals surface area contributed by atoms with E-state index in [0.717, 1.165) is 10.6 Å². The van der Waals surface area contributed by atoms with Gasteiger partial charge in [-0.05, 0) is 18.1 Å². The highest BCUT2D eigenvalue weighted by Crippen LogP contribution is 2.29. The molecule has 2 N–H and O–H groups in total. The summed E-state index contributed by atoms with van der Waals surface area (Å²) in [5, 5.41) is 6.61. The first-order chi connectivity index (χ1) is 13.6. The van der Waals surface area contributed by atoms with E-state index in [2.05, 4.69) is 10.2 Å². The molecule has 0 aromatic carbocycles. The van der Waals surface area contributed by atoms with Gasteiger partial charge in [0.1, 0.15) is 5.83 Å². The van der Waals surface area contributed by atoms with Gasteiger partial charge in [0.25, 0.3) is 0 Å². The maximum absolute atomic E-state index is 13.9. The zero-order valence-corrected chi connectivity index (χ0v) is 14.8. The molecule has 6 nitrogen and oxygen atoms in total. The number of nitrogens with zero attached hydrogens (tertiary/aromatic N) is 4. The second-order valence-electron chi connectivity index (χ2n) is 6.54. The Hall–Kier alpha value is -2.85. The summed E-state index contributed by atoms with van der Waals surface area (Å²) < 4.78 is 79.7. The number of alkyl halides is 3. The minimum Gasteiger partial charge on any atom is -0.333 e. The summed E-state index contributed by atoms with van der Waals surface area (Å²) in [6, 6.07) is -0.885. The number of fused-ring (bicyclic) bond motifs is 1. The number of hydrogen-bond acceptors (Lipinski definition) is 4. The van der Waals surface area contributed by atoms with E-state index in [1.54, 1.807) is 0 Å². The molecule has 0 spiro atoms. The first-order valence-electron chi connectivity index (χ1n) is 8.47. The van der Waals surface area contributed by atoms with Crippen molar-refractivity contribution in [1.82, 2.24) is 19.7 Å². The van der Waals surface area contributed by atoms with Crippen molar-refractivity contribution < 1.29 is 31.1 Å². The Kier molecular flexibility index (Phi) is 5.67. The average molecular weight is 419 g/mol. The Morgan fingerprint density at radius 2 is 1.97 bits per heavy atom. The van der Waals surface area contributed by atoms with Crippen LogP contribution in [0.5, 0.6) is 0 Å². The lowest BCUT2D eigenvalue weighted by atomic mass is 10.0. The molecule has 2 aliphatic rings. The Morgan fingerprint density at radius 1 is 1.24 bits per heavy atom. The van der Waals surface area contributed by atoms with Crippen molar-refractivity contribution in [3.05, 3.63) is 52.6 Å². The van der Waals surface area contributed by atoms with Gasteiger partial charge in [0.05, 0.1) is 6.54 Å². The summed E-state index contributed by atoms with van der Waals surface area (Å²) in [5.41, 5.74) is 7.68. The molecule has 0 radical (unpaired) electrons. The van der Waals surface area contributed by atoms with Crippen LogP contribution in [0.15, 0.2) is 40.9 Å². The van der Waals surface area contributed by atoms with Crippen LogP contribution in [0.2, 0.25) is 0 Å². The highest BCUT2D eigenvalue weighted by atomic mass is 19.4. The zero-order valence-electron chi connectivity index (χ0n) is 14.8. The lowest BCUT2D eigenvalue weighted by Gasteiger charge is -2.29. The second kappa shape index (κ2) is 7.88. The minimum atomic E-state index is -4.65. The van der Waals surface area contributed by atoms with Gasteiger partial charge in [-0.2, -0.15) is 17.6 Å². The number of hydrogen-bond donors (Lipinski definition) is 1. The SMILES string of the molecule is N[C@@H](CC(=O)N1CCn2c(nnc2C(F)(F)F)C1)CC1=C(F)C=C(F)C(F)=C=C1. The summed E-state index contributed by atoms with van der Waals surface area (Å²) in [4.78, 5) is 13.7. The van der Waals surface area contributed by atoms with Crippen molar-refractivity contribution in [2.24, 2.45) is 5.73 Å². The second-order valence-corrected chi connectivity index (χ2v) is 6.54. The molecule has 1 aromatic heterocycles.